The third-order valence-electron chi connectivity index (χ3n) is 4.21. The minimum atomic E-state index is -0.953. The summed E-state index contributed by atoms with van der Waals surface area (Å²) < 4.78 is 0. The highest BCUT2D eigenvalue weighted by molar-refractivity contribution is 5.89. The Bertz CT molecular complexity index is 687. The van der Waals surface area contributed by atoms with Gasteiger partial charge in [-0.1, -0.05) is 24.3 Å². The number of hydrogen-bond acceptors (Lipinski definition) is 3. The van der Waals surface area contributed by atoms with E-state index in [2.05, 4.69) is 34.2 Å². The standard InChI is InChI=1S/C17H18N2O2/c1-10-15(17(20)21)11(2)19-16(18-10)14-8-7-12-5-3-4-6-13(12)9-14/h3-6,14H,7-9H2,1-2H3,(H,20,21). The second-order valence-electron chi connectivity index (χ2n) is 5.64. The molecule has 1 aliphatic rings. The Labute approximate surface area is 123 Å². The predicted octanol–water partition coefficient (Wildman–Crippen LogP) is 3.06. The van der Waals surface area contributed by atoms with E-state index in [4.69, 9.17) is 0 Å². The molecule has 1 heterocycles. The Balaban J connectivity index is 1.94. The van der Waals surface area contributed by atoms with Crippen molar-refractivity contribution in [2.24, 2.45) is 0 Å². The van der Waals surface area contributed by atoms with E-state index < -0.39 is 5.97 Å². The van der Waals surface area contributed by atoms with Crippen LogP contribution in [0.5, 0.6) is 0 Å². The molecule has 1 atom stereocenters. The van der Waals surface area contributed by atoms with E-state index in [1.807, 2.05) is 0 Å². The summed E-state index contributed by atoms with van der Waals surface area (Å²) in [6.45, 7) is 3.50. The van der Waals surface area contributed by atoms with Crippen LogP contribution in [0, 0.1) is 13.8 Å². The molecule has 21 heavy (non-hydrogen) atoms. The number of carboxylic acids is 1. The Hall–Kier alpha value is -2.23. The number of aromatic carboxylic acids is 1. The molecule has 0 bridgehead atoms. The van der Waals surface area contributed by atoms with Crippen molar-refractivity contribution >= 4 is 5.97 Å². The van der Waals surface area contributed by atoms with Crippen LogP contribution >= 0.6 is 0 Å². The molecule has 1 aromatic carbocycles. The highest BCUT2D eigenvalue weighted by Crippen LogP contribution is 2.31. The van der Waals surface area contributed by atoms with Gasteiger partial charge in [0.2, 0.25) is 0 Å². The molecule has 0 saturated heterocycles. The quantitative estimate of drug-likeness (QED) is 0.919. The maximum absolute atomic E-state index is 11.2. The van der Waals surface area contributed by atoms with E-state index >= 15 is 0 Å². The van der Waals surface area contributed by atoms with Gasteiger partial charge in [0.15, 0.2) is 0 Å². The molecule has 0 amide bonds. The largest absolute Gasteiger partial charge is 0.478 e. The molecule has 3 rings (SSSR count). The van der Waals surface area contributed by atoms with Crippen LogP contribution in [0.2, 0.25) is 0 Å². The number of aryl methyl sites for hydroxylation is 3. The second-order valence-corrected chi connectivity index (χ2v) is 5.64. The average molecular weight is 282 g/mol. The van der Waals surface area contributed by atoms with Crippen LogP contribution in [0.4, 0.5) is 0 Å². The zero-order chi connectivity index (χ0) is 15.0. The molecule has 0 saturated carbocycles. The minimum Gasteiger partial charge on any atom is -0.478 e. The maximum Gasteiger partial charge on any atom is 0.339 e. The van der Waals surface area contributed by atoms with Crippen LogP contribution in [-0.2, 0) is 12.8 Å². The van der Waals surface area contributed by atoms with Crippen LogP contribution in [0.15, 0.2) is 24.3 Å². The van der Waals surface area contributed by atoms with Crippen molar-refractivity contribution in [1.29, 1.82) is 0 Å². The van der Waals surface area contributed by atoms with Gasteiger partial charge >= 0.3 is 5.97 Å². The van der Waals surface area contributed by atoms with Crippen LogP contribution in [0.1, 0.15) is 51.0 Å². The Morgan fingerprint density at radius 2 is 1.76 bits per heavy atom. The molecule has 0 radical (unpaired) electrons. The zero-order valence-electron chi connectivity index (χ0n) is 12.3. The summed E-state index contributed by atoms with van der Waals surface area (Å²) in [5.41, 5.74) is 4.11. The van der Waals surface area contributed by atoms with E-state index in [1.165, 1.54) is 11.1 Å². The molecule has 1 N–H and O–H groups in total. The number of aromatic nitrogens is 2. The van der Waals surface area contributed by atoms with Crippen LogP contribution in [0.25, 0.3) is 0 Å². The molecule has 1 unspecified atom stereocenters. The first-order valence-corrected chi connectivity index (χ1v) is 7.21. The van der Waals surface area contributed by atoms with Crippen molar-refractivity contribution in [3.05, 3.63) is 58.2 Å². The fourth-order valence-electron chi connectivity index (χ4n) is 3.15. The van der Waals surface area contributed by atoms with Gasteiger partial charge in [0.25, 0.3) is 0 Å². The lowest BCUT2D eigenvalue weighted by atomic mass is 9.83. The summed E-state index contributed by atoms with van der Waals surface area (Å²) in [6.07, 6.45) is 2.98. The lowest BCUT2D eigenvalue weighted by molar-refractivity contribution is 0.0694. The SMILES string of the molecule is Cc1nc(C2CCc3ccccc3C2)nc(C)c1C(=O)O. The van der Waals surface area contributed by atoms with E-state index in [0.717, 1.165) is 25.1 Å². The van der Waals surface area contributed by atoms with E-state index in [1.54, 1.807) is 13.8 Å². The first-order chi connectivity index (χ1) is 10.1. The Morgan fingerprint density at radius 1 is 1.14 bits per heavy atom. The maximum atomic E-state index is 11.2. The van der Waals surface area contributed by atoms with Gasteiger partial charge in [0, 0.05) is 5.92 Å². The third kappa shape index (κ3) is 2.53. The number of carbonyl (C=O) groups is 1. The van der Waals surface area contributed by atoms with Crippen molar-refractivity contribution < 1.29 is 9.90 Å². The molecule has 0 fully saturated rings. The number of fused-ring (bicyclic) bond motifs is 1. The van der Waals surface area contributed by atoms with Gasteiger partial charge in [-0.3, -0.25) is 0 Å². The summed E-state index contributed by atoms with van der Waals surface area (Å²) in [4.78, 5) is 20.1. The molecule has 4 heteroatoms. The van der Waals surface area contributed by atoms with E-state index in [-0.39, 0.29) is 11.5 Å². The highest BCUT2D eigenvalue weighted by Gasteiger charge is 2.24. The summed E-state index contributed by atoms with van der Waals surface area (Å²) in [5, 5.41) is 9.20. The van der Waals surface area contributed by atoms with Gasteiger partial charge in [0.05, 0.1) is 11.4 Å². The van der Waals surface area contributed by atoms with Gasteiger partial charge < -0.3 is 5.11 Å². The minimum absolute atomic E-state index is 0.231. The first-order valence-electron chi connectivity index (χ1n) is 7.21. The fourth-order valence-corrected chi connectivity index (χ4v) is 3.15. The number of rotatable bonds is 2. The van der Waals surface area contributed by atoms with Crippen molar-refractivity contribution in [3.8, 4) is 0 Å². The number of nitrogens with zero attached hydrogens (tertiary/aromatic N) is 2. The molecule has 4 nitrogen and oxygen atoms in total. The van der Waals surface area contributed by atoms with Gasteiger partial charge in [-0.15, -0.1) is 0 Å². The lowest BCUT2D eigenvalue weighted by Crippen LogP contribution is -2.18. The smallest absolute Gasteiger partial charge is 0.339 e. The molecule has 108 valence electrons. The van der Waals surface area contributed by atoms with E-state index in [9.17, 15) is 9.90 Å². The second kappa shape index (κ2) is 5.28. The van der Waals surface area contributed by atoms with Crippen molar-refractivity contribution in [1.82, 2.24) is 9.97 Å². The first kappa shape index (κ1) is 13.7. The van der Waals surface area contributed by atoms with Crippen molar-refractivity contribution in [2.45, 2.75) is 39.0 Å². The molecular formula is C17H18N2O2. The fraction of sp³-hybridized carbons (Fsp3) is 0.353. The van der Waals surface area contributed by atoms with Crippen LogP contribution < -0.4 is 0 Å². The van der Waals surface area contributed by atoms with Gasteiger partial charge in [-0.2, -0.15) is 0 Å². The summed E-state index contributed by atoms with van der Waals surface area (Å²) in [6, 6.07) is 8.47. The van der Waals surface area contributed by atoms with Crippen molar-refractivity contribution in [3.63, 3.8) is 0 Å². The molecule has 0 spiro atoms. The van der Waals surface area contributed by atoms with Gasteiger partial charge in [0.1, 0.15) is 11.4 Å². The monoisotopic (exact) mass is 282 g/mol. The van der Waals surface area contributed by atoms with Gasteiger partial charge in [-0.05, 0) is 44.2 Å². The van der Waals surface area contributed by atoms with Gasteiger partial charge in [-0.25, -0.2) is 14.8 Å². The number of carboxylic acid groups (broad SMARTS) is 1. The third-order valence-corrected chi connectivity index (χ3v) is 4.21. The predicted molar refractivity (Wildman–Crippen MR) is 79.7 cm³/mol. The normalized spacial score (nSPS) is 17.3. The summed E-state index contributed by atoms with van der Waals surface area (Å²) in [5.74, 6) is 0.107. The summed E-state index contributed by atoms with van der Waals surface area (Å²) in [7, 11) is 0. The van der Waals surface area contributed by atoms with E-state index in [0.29, 0.717) is 11.4 Å². The van der Waals surface area contributed by atoms with Crippen LogP contribution in [-0.4, -0.2) is 21.0 Å². The molecule has 1 aliphatic carbocycles. The Kier molecular flexibility index (Phi) is 3.45. The van der Waals surface area contributed by atoms with Crippen molar-refractivity contribution in [2.75, 3.05) is 0 Å². The highest BCUT2D eigenvalue weighted by atomic mass is 16.4. The number of hydrogen-bond donors (Lipinski definition) is 1. The number of benzene rings is 1. The zero-order valence-corrected chi connectivity index (χ0v) is 12.3. The van der Waals surface area contributed by atoms with Crippen LogP contribution in [0.3, 0.4) is 0 Å². The topological polar surface area (TPSA) is 63.1 Å². The molecule has 2 aromatic rings. The molecular weight excluding hydrogens is 264 g/mol. The molecule has 0 aliphatic heterocycles. The summed E-state index contributed by atoms with van der Waals surface area (Å²) >= 11 is 0. The Morgan fingerprint density at radius 3 is 2.38 bits per heavy atom. The molecule has 1 aromatic heterocycles. The lowest BCUT2D eigenvalue weighted by Gasteiger charge is -2.24. The average Bonchev–Trinajstić information content (AvgIpc) is 2.45.